The molecule has 0 radical (unpaired) electrons. The predicted octanol–water partition coefficient (Wildman–Crippen LogP) is 1.90. The van der Waals surface area contributed by atoms with E-state index in [2.05, 4.69) is 10.6 Å². The summed E-state index contributed by atoms with van der Waals surface area (Å²) in [7, 11) is 0. The maximum Gasteiger partial charge on any atom is 0.253 e. The number of ether oxygens (including phenoxy) is 1. The summed E-state index contributed by atoms with van der Waals surface area (Å²) < 4.78 is 5.56. The minimum Gasteiger partial charge on any atom is -0.364 e. The first kappa shape index (κ1) is 17.7. The highest BCUT2D eigenvalue weighted by atomic mass is 35.5. The van der Waals surface area contributed by atoms with Crippen molar-refractivity contribution >= 4 is 35.6 Å². The second-order valence-corrected chi connectivity index (χ2v) is 5.89. The monoisotopic (exact) mass is 339 g/mol. The Morgan fingerprint density at radius 3 is 2.04 bits per heavy atom. The minimum absolute atomic E-state index is 0. The molecule has 0 bridgehead atoms. The number of hydrogen-bond donors (Lipinski definition) is 3. The van der Waals surface area contributed by atoms with Crippen molar-refractivity contribution in [3.8, 4) is 0 Å². The van der Waals surface area contributed by atoms with E-state index in [9.17, 15) is 9.59 Å². The van der Waals surface area contributed by atoms with Gasteiger partial charge in [-0.15, -0.1) is 12.4 Å². The number of carbonyl (C=O) groups is 2. The van der Waals surface area contributed by atoms with Crippen LogP contribution in [-0.4, -0.2) is 30.6 Å². The van der Waals surface area contributed by atoms with E-state index < -0.39 is 6.10 Å². The summed E-state index contributed by atoms with van der Waals surface area (Å²) in [4.78, 5) is 23.8. The Hall–Kier alpha value is -1.63. The summed E-state index contributed by atoms with van der Waals surface area (Å²) in [5.74, 6) is 0.101. The van der Waals surface area contributed by atoms with Gasteiger partial charge >= 0.3 is 0 Å². The molecule has 1 aliphatic carbocycles. The van der Waals surface area contributed by atoms with E-state index in [4.69, 9.17) is 10.5 Å². The number of amides is 2. The molecule has 1 saturated heterocycles. The molecule has 2 amide bonds. The van der Waals surface area contributed by atoms with Crippen molar-refractivity contribution in [1.82, 2.24) is 0 Å². The molecule has 7 heteroatoms. The molecule has 0 unspecified atom stereocenters. The van der Waals surface area contributed by atoms with Crippen LogP contribution in [0.2, 0.25) is 0 Å². The average Bonchev–Trinajstić information content (AvgIpc) is 3.26. The Balaban J connectivity index is 0.00000192. The average molecular weight is 340 g/mol. The van der Waals surface area contributed by atoms with Crippen molar-refractivity contribution in [3.05, 3.63) is 24.3 Å². The van der Waals surface area contributed by atoms with Gasteiger partial charge in [0.05, 0.1) is 6.10 Å². The molecule has 3 rings (SSSR count). The lowest BCUT2D eigenvalue weighted by Gasteiger charge is -2.13. The third kappa shape index (κ3) is 4.67. The molecule has 1 aromatic rings. The summed E-state index contributed by atoms with van der Waals surface area (Å²) in [6.45, 7) is 0.444. The van der Waals surface area contributed by atoms with Crippen LogP contribution in [0.25, 0.3) is 0 Å². The summed E-state index contributed by atoms with van der Waals surface area (Å²) in [5, 5.41) is 5.69. The smallest absolute Gasteiger partial charge is 0.253 e. The molecular formula is C16H22ClN3O3. The van der Waals surface area contributed by atoms with Gasteiger partial charge < -0.3 is 21.1 Å². The highest BCUT2D eigenvalue weighted by Gasteiger charge is 2.30. The van der Waals surface area contributed by atoms with Gasteiger partial charge in [0.15, 0.2) is 0 Å². The second kappa shape index (κ2) is 7.77. The zero-order chi connectivity index (χ0) is 15.5. The van der Waals surface area contributed by atoms with Crippen molar-refractivity contribution in [2.45, 2.75) is 37.9 Å². The van der Waals surface area contributed by atoms with Crippen molar-refractivity contribution in [1.29, 1.82) is 0 Å². The predicted molar refractivity (Wildman–Crippen MR) is 90.6 cm³/mol. The van der Waals surface area contributed by atoms with E-state index in [1.54, 1.807) is 24.3 Å². The summed E-state index contributed by atoms with van der Waals surface area (Å²) in [6.07, 6.45) is 3.03. The zero-order valence-corrected chi connectivity index (χ0v) is 13.6. The fourth-order valence-electron chi connectivity index (χ4n) is 2.52. The standard InChI is InChI=1S/C16H21N3O3.ClH/c17-9-13-7-8-14(22-13)16(21)19-12-5-3-11(4-6-12)18-15(20)10-1-2-10;/h3-6,10,13-14H,1-2,7-9,17H2,(H,18,20)(H,19,21);1H/t13-,14+;/m1./s1. The van der Waals surface area contributed by atoms with E-state index in [0.29, 0.717) is 18.7 Å². The Bertz CT molecular complexity index is 560. The van der Waals surface area contributed by atoms with Crippen molar-refractivity contribution in [2.75, 3.05) is 17.2 Å². The topological polar surface area (TPSA) is 93.5 Å². The van der Waals surface area contributed by atoms with E-state index in [-0.39, 0.29) is 36.2 Å². The highest BCUT2D eigenvalue weighted by Crippen LogP contribution is 2.30. The van der Waals surface area contributed by atoms with Gasteiger partial charge in [-0.2, -0.15) is 0 Å². The Morgan fingerprint density at radius 1 is 1.00 bits per heavy atom. The number of halogens is 1. The van der Waals surface area contributed by atoms with Gasteiger partial charge in [0.2, 0.25) is 5.91 Å². The molecule has 2 atom stereocenters. The van der Waals surface area contributed by atoms with Crippen LogP contribution in [-0.2, 0) is 14.3 Å². The molecule has 6 nitrogen and oxygen atoms in total. The Morgan fingerprint density at radius 2 is 1.57 bits per heavy atom. The fraction of sp³-hybridized carbons (Fsp3) is 0.500. The molecule has 23 heavy (non-hydrogen) atoms. The number of anilines is 2. The Labute approximate surface area is 141 Å². The lowest BCUT2D eigenvalue weighted by Crippen LogP contribution is -2.29. The van der Waals surface area contributed by atoms with Crippen LogP contribution in [0.15, 0.2) is 24.3 Å². The van der Waals surface area contributed by atoms with Gasteiger partial charge in [0.1, 0.15) is 6.10 Å². The molecule has 0 spiro atoms. The first-order chi connectivity index (χ1) is 10.7. The minimum atomic E-state index is -0.428. The lowest BCUT2D eigenvalue weighted by molar-refractivity contribution is -0.126. The van der Waals surface area contributed by atoms with Crippen LogP contribution in [0.4, 0.5) is 11.4 Å². The largest absolute Gasteiger partial charge is 0.364 e. The number of benzene rings is 1. The Kier molecular flexibility index (Phi) is 5.98. The van der Waals surface area contributed by atoms with Gasteiger partial charge in [0, 0.05) is 23.8 Å². The van der Waals surface area contributed by atoms with Gasteiger partial charge in [0.25, 0.3) is 5.91 Å². The van der Waals surface area contributed by atoms with Crippen LogP contribution in [0.1, 0.15) is 25.7 Å². The number of rotatable bonds is 5. The molecule has 1 saturated carbocycles. The number of carbonyl (C=O) groups excluding carboxylic acids is 2. The molecule has 0 aromatic heterocycles. The second-order valence-electron chi connectivity index (χ2n) is 5.89. The van der Waals surface area contributed by atoms with Crippen LogP contribution in [0.3, 0.4) is 0 Å². The third-order valence-electron chi connectivity index (χ3n) is 4.03. The van der Waals surface area contributed by atoms with E-state index in [1.807, 2.05) is 0 Å². The number of nitrogens with two attached hydrogens (primary N) is 1. The molecule has 4 N–H and O–H groups in total. The highest BCUT2D eigenvalue weighted by molar-refractivity contribution is 5.96. The molecule has 126 valence electrons. The van der Waals surface area contributed by atoms with Crippen molar-refractivity contribution in [2.24, 2.45) is 11.7 Å². The molecule has 1 aliphatic heterocycles. The van der Waals surface area contributed by atoms with Crippen LogP contribution in [0.5, 0.6) is 0 Å². The fourth-order valence-corrected chi connectivity index (χ4v) is 2.52. The number of hydrogen-bond acceptors (Lipinski definition) is 4. The first-order valence-corrected chi connectivity index (χ1v) is 7.73. The van der Waals surface area contributed by atoms with E-state index in [1.165, 1.54) is 0 Å². The van der Waals surface area contributed by atoms with Crippen LogP contribution >= 0.6 is 12.4 Å². The SMILES string of the molecule is Cl.NC[C@H]1CC[C@@H](C(=O)Nc2ccc(NC(=O)C3CC3)cc2)O1. The molecule has 2 aliphatic rings. The summed E-state index contributed by atoms with van der Waals surface area (Å²) in [5.41, 5.74) is 6.97. The molecule has 1 aromatic carbocycles. The maximum atomic E-state index is 12.1. The quantitative estimate of drug-likeness (QED) is 0.763. The third-order valence-corrected chi connectivity index (χ3v) is 4.03. The normalized spacial score (nSPS) is 23.0. The van der Waals surface area contributed by atoms with Gasteiger partial charge in [-0.1, -0.05) is 0 Å². The van der Waals surface area contributed by atoms with Crippen molar-refractivity contribution in [3.63, 3.8) is 0 Å². The van der Waals surface area contributed by atoms with Gasteiger partial charge in [-0.3, -0.25) is 9.59 Å². The summed E-state index contributed by atoms with van der Waals surface area (Å²) in [6, 6.07) is 7.12. The van der Waals surface area contributed by atoms with Gasteiger partial charge in [-0.05, 0) is 49.9 Å². The lowest BCUT2D eigenvalue weighted by atomic mass is 10.2. The van der Waals surface area contributed by atoms with E-state index >= 15 is 0 Å². The van der Waals surface area contributed by atoms with Crippen LogP contribution < -0.4 is 16.4 Å². The molecule has 2 fully saturated rings. The first-order valence-electron chi connectivity index (χ1n) is 7.73. The van der Waals surface area contributed by atoms with E-state index in [0.717, 1.165) is 24.9 Å². The maximum absolute atomic E-state index is 12.1. The number of nitrogens with one attached hydrogen (secondary N) is 2. The molecule has 1 heterocycles. The summed E-state index contributed by atoms with van der Waals surface area (Å²) >= 11 is 0. The van der Waals surface area contributed by atoms with Gasteiger partial charge in [-0.25, -0.2) is 0 Å². The van der Waals surface area contributed by atoms with Crippen LogP contribution in [0, 0.1) is 5.92 Å². The van der Waals surface area contributed by atoms with Crippen molar-refractivity contribution < 1.29 is 14.3 Å². The molecular weight excluding hydrogens is 318 g/mol. The zero-order valence-electron chi connectivity index (χ0n) is 12.8.